The van der Waals surface area contributed by atoms with Gasteiger partial charge in [-0.3, -0.25) is 15.0 Å². The lowest BCUT2D eigenvalue weighted by atomic mass is 9.96. The lowest BCUT2D eigenvalue weighted by molar-refractivity contribution is -0.146. The van der Waals surface area contributed by atoms with E-state index in [2.05, 4.69) is 17.1 Å². The van der Waals surface area contributed by atoms with Crippen LogP contribution in [0.3, 0.4) is 0 Å². The van der Waals surface area contributed by atoms with E-state index in [0.29, 0.717) is 11.1 Å². The molecule has 0 bridgehead atoms. The predicted octanol–water partition coefficient (Wildman–Crippen LogP) is 3.22. The number of methoxy groups -OCH3 is 1. The number of hydrogen-bond acceptors (Lipinski definition) is 3. The second-order valence-corrected chi connectivity index (χ2v) is 6.22. The fourth-order valence-corrected chi connectivity index (χ4v) is 3.13. The van der Waals surface area contributed by atoms with E-state index in [0.717, 1.165) is 31.6 Å². The van der Waals surface area contributed by atoms with Gasteiger partial charge < -0.3 is 4.74 Å². The van der Waals surface area contributed by atoms with E-state index in [1.54, 1.807) is 42.5 Å². The first-order valence-electron chi connectivity index (χ1n) is 8.52. The predicted molar refractivity (Wildman–Crippen MR) is 94.8 cm³/mol. The molecule has 1 heterocycles. The van der Waals surface area contributed by atoms with E-state index in [9.17, 15) is 4.79 Å². The Hall–Kier alpha value is -2.24. The van der Waals surface area contributed by atoms with Crippen molar-refractivity contribution in [1.82, 2.24) is 10.2 Å². The van der Waals surface area contributed by atoms with Crippen molar-refractivity contribution >= 4 is 5.91 Å². The zero-order valence-corrected chi connectivity index (χ0v) is 14.6. The third-order valence-electron chi connectivity index (χ3n) is 4.71. The van der Waals surface area contributed by atoms with Gasteiger partial charge in [-0.15, -0.1) is 0 Å². The summed E-state index contributed by atoms with van der Waals surface area (Å²) in [5.74, 6) is -2.88. The zero-order chi connectivity index (χ0) is 17.9. The van der Waals surface area contributed by atoms with Crippen LogP contribution in [0.5, 0.6) is 0 Å². The van der Waals surface area contributed by atoms with Gasteiger partial charge in [0.25, 0.3) is 5.91 Å². The monoisotopic (exact) mass is 342 g/mol. The van der Waals surface area contributed by atoms with Crippen LogP contribution in [0.15, 0.2) is 48.5 Å². The van der Waals surface area contributed by atoms with E-state index >= 15 is 4.39 Å². The van der Waals surface area contributed by atoms with Crippen LogP contribution in [0.25, 0.3) is 0 Å². The zero-order valence-electron chi connectivity index (χ0n) is 14.6. The smallest absolute Gasteiger partial charge is 0.317 e. The van der Waals surface area contributed by atoms with E-state index in [-0.39, 0.29) is 0 Å². The number of nitrogens with zero attached hydrogens (tertiary/aromatic N) is 1. The molecule has 0 aromatic heterocycles. The maximum atomic E-state index is 15.4. The highest BCUT2D eigenvalue weighted by molar-refractivity contribution is 5.94. The first-order valence-corrected chi connectivity index (χ1v) is 8.52. The molecule has 0 saturated heterocycles. The van der Waals surface area contributed by atoms with Crippen LogP contribution in [-0.4, -0.2) is 31.0 Å². The van der Waals surface area contributed by atoms with Crippen LogP contribution in [0.4, 0.5) is 4.39 Å². The molecule has 1 unspecified atom stereocenters. The maximum Gasteiger partial charge on any atom is 0.317 e. The quantitative estimate of drug-likeness (QED) is 0.670. The summed E-state index contributed by atoms with van der Waals surface area (Å²) in [4.78, 5) is 14.6. The van der Waals surface area contributed by atoms with Crippen molar-refractivity contribution in [3.8, 4) is 0 Å². The molecule has 1 aliphatic heterocycles. The molecule has 2 aromatic carbocycles. The Morgan fingerprint density at radius 3 is 2.68 bits per heavy atom. The van der Waals surface area contributed by atoms with Crippen LogP contribution >= 0.6 is 0 Å². The SMILES string of the molecule is CCN1CCc2ccc(C(F)(NC(=O)c3ccccc3)OC)cc2C1. The summed E-state index contributed by atoms with van der Waals surface area (Å²) < 4.78 is 20.4. The average molecular weight is 342 g/mol. The highest BCUT2D eigenvalue weighted by Gasteiger charge is 2.35. The fraction of sp³-hybridized carbons (Fsp3) is 0.350. The molecule has 132 valence electrons. The summed E-state index contributed by atoms with van der Waals surface area (Å²) >= 11 is 0. The molecule has 1 aliphatic rings. The van der Waals surface area contributed by atoms with Gasteiger partial charge in [0.1, 0.15) is 0 Å². The number of nitrogens with one attached hydrogen (secondary N) is 1. The van der Waals surface area contributed by atoms with Gasteiger partial charge in [-0.1, -0.05) is 37.3 Å². The molecule has 4 nitrogen and oxygen atoms in total. The van der Waals surface area contributed by atoms with Crippen molar-refractivity contribution in [2.45, 2.75) is 25.9 Å². The van der Waals surface area contributed by atoms with Crippen molar-refractivity contribution in [3.63, 3.8) is 0 Å². The van der Waals surface area contributed by atoms with Crippen LogP contribution in [-0.2, 0) is 23.7 Å². The molecule has 3 rings (SSSR count). The number of carbonyl (C=O) groups is 1. The first kappa shape index (κ1) is 17.6. The number of carbonyl (C=O) groups excluding carboxylic acids is 1. The Labute approximate surface area is 147 Å². The molecule has 0 spiro atoms. The standard InChI is InChI=1S/C20H23FN2O2/c1-3-23-12-11-15-9-10-18(13-17(15)14-23)20(21,25-2)22-19(24)16-7-5-4-6-8-16/h4-10,13H,3,11-12,14H2,1-2H3,(H,22,24). The number of fused-ring (bicyclic) bond motifs is 1. The minimum absolute atomic E-state index is 0.302. The van der Waals surface area contributed by atoms with Gasteiger partial charge in [0.15, 0.2) is 0 Å². The van der Waals surface area contributed by atoms with Crippen molar-refractivity contribution in [3.05, 3.63) is 70.8 Å². The Morgan fingerprint density at radius 1 is 1.24 bits per heavy atom. The molecular formula is C20H23FN2O2. The second kappa shape index (κ2) is 7.33. The highest BCUT2D eigenvalue weighted by Crippen LogP contribution is 2.29. The number of amides is 1. The summed E-state index contributed by atoms with van der Waals surface area (Å²) in [6, 6.07) is 14.0. The minimum Gasteiger partial charge on any atom is -0.329 e. The van der Waals surface area contributed by atoms with Crippen molar-refractivity contribution in [1.29, 1.82) is 0 Å². The van der Waals surface area contributed by atoms with Crippen LogP contribution in [0.1, 0.15) is 34.0 Å². The van der Waals surface area contributed by atoms with Gasteiger partial charge >= 0.3 is 5.98 Å². The second-order valence-electron chi connectivity index (χ2n) is 6.22. The first-order chi connectivity index (χ1) is 12.1. The number of halogens is 1. The topological polar surface area (TPSA) is 41.6 Å². The molecule has 1 atom stereocenters. The van der Waals surface area contributed by atoms with Gasteiger partial charge in [-0.2, -0.15) is 4.39 Å². The fourth-order valence-electron chi connectivity index (χ4n) is 3.13. The molecule has 0 fully saturated rings. The summed E-state index contributed by atoms with van der Waals surface area (Å²) in [7, 11) is 1.25. The number of rotatable bonds is 5. The summed E-state index contributed by atoms with van der Waals surface area (Å²) in [6.45, 7) is 4.87. The number of benzene rings is 2. The molecule has 1 amide bonds. The average Bonchev–Trinajstić information content (AvgIpc) is 2.67. The largest absolute Gasteiger partial charge is 0.329 e. The normalized spacial score (nSPS) is 16.8. The van der Waals surface area contributed by atoms with E-state index in [4.69, 9.17) is 4.74 Å². The lowest BCUT2D eigenvalue weighted by Crippen LogP contribution is -2.44. The number of hydrogen-bond donors (Lipinski definition) is 1. The highest BCUT2D eigenvalue weighted by atomic mass is 19.2. The number of likely N-dealkylation sites (N-methyl/N-ethyl adjacent to an activating group) is 1. The lowest BCUT2D eigenvalue weighted by Gasteiger charge is -2.30. The summed E-state index contributed by atoms with van der Waals surface area (Å²) in [6.07, 6.45) is 0.950. The Balaban J connectivity index is 1.86. The third-order valence-corrected chi connectivity index (χ3v) is 4.71. The van der Waals surface area contributed by atoms with E-state index < -0.39 is 11.9 Å². The van der Waals surface area contributed by atoms with Gasteiger partial charge in [0.05, 0.1) is 0 Å². The molecule has 0 radical (unpaired) electrons. The van der Waals surface area contributed by atoms with E-state index in [1.165, 1.54) is 12.7 Å². The molecule has 2 aromatic rings. The molecule has 25 heavy (non-hydrogen) atoms. The molecular weight excluding hydrogens is 319 g/mol. The molecule has 0 aliphatic carbocycles. The summed E-state index contributed by atoms with van der Waals surface area (Å²) in [5, 5.41) is 2.37. The van der Waals surface area contributed by atoms with Crippen molar-refractivity contribution in [2.75, 3.05) is 20.2 Å². The van der Waals surface area contributed by atoms with Crippen LogP contribution in [0.2, 0.25) is 0 Å². The van der Waals surface area contributed by atoms with Crippen molar-refractivity contribution < 1.29 is 13.9 Å². The van der Waals surface area contributed by atoms with Crippen LogP contribution < -0.4 is 5.32 Å². The minimum atomic E-state index is -2.36. The summed E-state index contributed by atoms with van der Waals surface area (Å²) in [5.41, 5.74) is 2.99. The maximum absolute atomic E-state index is 15.4. The molecule has 0 saturated carbocycles. The third kappa shape index (κ3) is 3.72. The number of alkyl halides is 1. The Morgan fingerprint density at radius 2 is 2.00 bits per heavy atom. The Bertz CT molecular complexity index is 751. The van der Waals surface area contributed by atoms with Gasteiger partial charge in [0, 0.05) is 31.3 Å². The molecule has 1 N–H and O–H groups in total. The Kier molecular flexibility index (Phi) is 5.16. The van der Waals surface area contributed by atoms with Gasteiger partial charge in [0.2, 0.25) is 0 Å². The van der Waals surface area contributed by atoms with Gasteiger partial charge in [-0.05, 0) is 42.3 Å². The molecule has 5 heteroatoms. The number of ether oxygens (including phenoxy) is 1. The van der Waals surface area contributed by atoms with Gasteiger partial charge in [-0.25, -0.2) is 0 Å². The van der Waals surface area contributed by atoms with Crippen molar-refractivity contribution in [2.24, 2.45) is 0 Å². The van der Waals surface area contributed by atoms with E-state index in [1.807, 2.05) is 6.07 Å². The van der Waals surface area contributed by atoms with Crippen LogP contribution in [0, 0.1) is 0 Å².